The van der Waals surface area contributed by atoms with Crippen molar-refractivity contribution in [2.75, 3.05) is 13.2 Å². The van der Waals surface area contributed by atoms with Gasteiger partial charge in [-0.3, -0.25) is 0 Å². The smallest absolute Gasteiger partial charge is 0.163 e. The summed E-state index contributed by atoms with van der Waals surface area (Å²) in [4.78, 5) is 0. The predicted molar refractivity (Wildman–Crippen MR) is 45.8 cm³/mol. The number of aliphatic hydroxyl groups is 1. The summed E-state index contributed by atoms with van der Waals surface area (Å²) in [6.07, 6.45) is -0.124. The van der Waals surface area contributed by atoms with Gasteiger partial charge in [0.05, 0.1) is 19.3 Å². The molecule has 1 N–H and O–H groups in total. The second kappa shape index (κ2) is 2.98. The minimum absolute atomic E-state index is 0.0553. The quantitative estimate of drug-likeness (QED) is 0.648. The Morgan fingerprint density at radius 1 is 1.33 bits per heavy atom. The minimum Gasteiger partial charge on any atom is -0.394 e. The molecule has 0 aromatic rings. The summed E-state index contributed by atoms with van der Waals surface area (Å²) in [5.41, 5.74) is -0.0930. The molecular weight excluding hydrogens is 156 g/mol. The molecule has 1 rings (SSSR count). The molecule has 1 aliphatic heterocycles. The minimum atomic E-state index is -0.553. The van der Waals surface area contributed by atoms with Gasteiger partial charge in [0.15, 0.2) is 5.79 Å². The van der Waals surface area contributed by atoms with Gasteiger partial charge in [0.25, 0.3) is 0 Å². The van der Waals surface area contributed by atoms with E-state index >= 15 is 0 Å². The van der Waals surface area contributed by atoms with Crippen LogP contribution in [0.3, 0.4) is 0 Å². The fourth-order valence-electron chi connectivity index (χ4n) is 1.27. The van der Waals surface area contributed by atoms with Crippen LogP contribution in [0.5, 0.6) is 0 Å². The third-order valence-corrected chi connectivity index (χ3v) is 2.26. The van der Waals surface area contributed by atoms with E-state index < -0.39 is 5.79 Å². The lowest BCUT2D eigenvalue weighted by Gasteiger charge is -2.45. The maximum Gasteiger partial charge on any atom is 0.163 e. The average molecular weight is 174 g/mol. The highest BCUT2D eigenvalue weighted by Crippen LogP contribution is 2.34. The van der Waals surface area contributed by atoms with E-state index in [0.717, 1.165) is 0 Å². The Labute approximate surface area is 73.7 Å². The highest BCUT2D eigenvalue weighted by Gasteiger charge is 2.41. The lowest BCUT2D eigenvalue weighted by Crippen LogP contribution is -2.51. The number of ether oxygens (including phenoxy) is 2. The van der Waals surface area contributed by atoms with Gasteiger partial charge < -0.3 is 14.6 Å². The van der Waals surface area contributed by atoms with E-state index in [1.54, 1.807) is 0 Å². The van der Waals surface area contributed by atoms with Crippen LogP contribution in [-0.2, 0) is 9.47 Å². The molecule has 3 nitrogen and oxygen atoms in total. The molecule has 0 amide bonds. The molecular formula is C9H18O3. The molecule has 1 unspecified atom stereocenters. The lowest BCUT2D eigenvalue weighted by molar-refractivity contribution is -0.316. The second-order valence-corrected chi connectivity index (χ2v) is 4.47. The normalized spacial score (nSPS) is 33.2. The van der Waals surface area contributed by atoms with Gasteiger partial charge in [0, 0.05) is 5.41 Å². The summed E-state index contributed by atoms with van der Waals surface area (Å²) in [5.74, 6) is -0.553. The van der Waals surface area contributed by atoms with Crippen molar-refractivity contribution in [2.24, 2.45) is 5.41 Å². The van der Waals surface area contributed by atoms with Crippen LogP contribution in [-0.4, -0.2) is 30.2 Å². The van der Waals surface area contributed by atoms with Crippen LogP contribution < -0.4 is 0 Å². The first-order valence-corrected chi connectivity index (χ1v) is 4.30. The van der Waals surface area contributed by atoms with Gasteiger partial charge in [-0.1, -0.05) is 13.8 Å². The number of hydrogen-bond acceptors (Lipinski definition) is 3. The van der Waals surface area contributed by atoms with Gasteiger partial charge in [0.2, 0.25) is 0 Å². The molecule has 0 aliphatic carbocycles. The summed E-state index contributed by atoms with van der Waals surface area (Å²) in [6.45, 7) is 8.48. The molecule has 1 fully saturated rings. The zero-order chi connectivity index (χ0) is 9.41. The summed E-state index contributed by atoms with van der Waals surface area (Å²) in [6, 6.07) is 0. The monoisotopic (exact) mass is 174 g/mol. The van der Waals surface area contributed by atoms with Crippen LogP contribution >= 0.6 is 0 Å². The second-order valence-electron chi connectivity index (χ2n) is 4.47. The highest BCUT2D eigenvalue weighted by atomic mass is 16.7. The van der Waals surface area contributed by atoms with Crippen LogP contribution in [0.4, 0.5) is 0 Å². The first-order chi connectivity index (χ1) is 5.37. The molecule has 0 bridgehead atoms. The molecule has 0 spiro atoms. The summed E-state index contributed by atoms with van der Waals surface area (Å²) in [7, 11) is 0. The van der Waals surface area contributed by atoms with Crippen molar-refractivity contribution in [3.05, 3.63) is 0 Å². The summed E-state index contributed by atoms with van der Waals surface area (Å²) < 4.78 is 11.0. The molecule has 0 saturated carbocycles. The van der Waals surface area contributed by atoms with Crippen molar-refractivity contribution in [1.29, 1.82) is 0 Å². The van der Waals surface area contributed by atoms with Crippen LogP contribution in [0.2, 0.25) is 0 Å². The Bertz CT molecular complexity index is 163. The maximum absolute atomic E-state index is 9.08. The summed E-state index contributed by atoms with van der Waals surface area (Å²) in [5, 5.41) is 9.08. The van der Waals surface area contributed by atoms with Gasteiger partial charge in [-0.05, 0) is 13.8 Å². The Balaban J connectivity index is 2.67. The predicted octanol–water partition coefficient (Wildman–Crippen LogP) is 1.16. The molecule has 1 aliphatic rings. The Morgan fingerprint density at radius 2 is 1.92 bits per heavy atom. The van der Waals surface area contributed by atoms with Gasteiger partial charge in [-0.2, -0.15) is 0 Å². The molecule has 3 heteroatoms. The van der Waals surface area contributed by atoms with E-state index in [1.807, 2.05) is 27.7 Å². The number of hydrogen-bond donors (Lipinski definition) is 1. The van der Waals surface area contributed by atoms with Gasteiger partial charge in [0.1, 0.15) is 0 Å². The number of rotatable bonds is 1. The van der Waals surface area contributed by atoms with E-state index in [0.29, 0.717) is 6.61 Å². The number of aliphatic hydroxyl groups excluding tert-OH is 1. The molecule has 1 saturated heterocycles. The first-order valence-electron chi connectivity index (χ1n) is 4.30. The fourth-order valence-corrected chi connectivity index (χ4v) is 1.27. The Kier molecular flexibility index (Phi) is 2.47. The first kappa shape index (κ1) is 9.96. The molecule has 0 aromatic heterocycles. The fraction of sp³-hybridized carbons (Fsp3) is 1.00. The van der Waals surface area contributed by atoms with E-state index in [-0.39, 0.29) is 18.1 Å². The van der Waals surface area contributed by atoms with Crippen molar-refractivity contribution in [3.8, 4) is 0 Å². The van der Waals surface area contributed by atoms with Gasteiger partial charge in [-0.15, -0.1) is 0 Å². The van der Waals surface area contributed by atoms with Crippen molar-refractivity contribution < 1.29 is 14.6 Å². The molecule has 72 valence electrons. The SMILES string of the molecule is CC1(C)OCC(C)(C)C(CO)O1. The van der Waals surface area contributed by atoms with Crippen LogP contribution in [0.15, 0.2) is 0 Å². The van der Waals surface area contributed by atoms with Gasteiger partial charge >= 0.3 is 0 Å². The molecule has 1 atom stereocenters. The van der Waals surface area contributed by atoms with Crippen LogP contribution in [0.1, 0.15) is 27.7 Å². The highest BCUT2D eigenvalue weighted by molar-refractivity contribution is 4.84. The molecule has 0 aromatic carbocycles. The van der Waals surface area contributed by atoms with E-state index in [4.69, 9.17) is 14.6 Å². The average Bonchev–Trinajstić information content (AvgIpc) is 1.95. The molecule has 0 radical (unpaired) electrons. The third kappa shape index (κ3) is 1.97. The van der Waals surface area contributed by atoms with Crippen molar-refractivity contribution in [3.63, 3.8) is 0 Å². The van der Waals surface area contributed by atoms with Crippen molar-refractivity contribution in [2.45, 2.75) is 39.6 Å². The third-order valence-electron chi connectivity index (χ3n) is 2.26. The topological polar surface area (TPSA) is 38.7 Å². The summed E-state index contributed by atoms with van der Waals surface area (Å²) >= 11 is 0. The molecule has 12 heavy (non-hydrogen) atoms. The lowest BCUT2D eigenvalue weighted by atomic mass is 9.86. The zero-order valence-corrected chi connectivity index (χ0v) is 8.26. The van der Waals surface area contributed by atoms with Crippen LogP contribution in [0, 0.1) is 5.41 Å². The van der Waals surface area contributed by atoms with Crippen LogP contribution in [0.25, 0.3) is 0 Å². The Hall–Kier alpha value is -0.120. The van der Waals surface area contributed by atoms with Crippen molar-refractivity contribution in [1.82, 2.24) is 0 Å². The largest absolute Gasteiger partial charge is 0.394 e. The van der Waals surface area contributed by atoms with E-state index in [9.17, 15) is 0 Å². The Morgan fingerprint density at radius 3 is 2.33 bits per heavy atom. The van der Waals surface area contributed by atoms with Gasteiger partial charge in [-0.25, -0.2) is 0 Å². The van der Waals surface area contributed by atoms with E-state index in [2.05, 4.69) is 0 Å². The zero-order valence-electron chi connectivity index (χ0n) is 8.26. The van der Waals surface area contributed by atoms with E-state index in [1.165, 1.54) is 0 Å². The maximum atomic E-state index is 9.08. The van der Waals surface area contributed by atoms with Crippen molar-refractivity contribution >= 4 is 0 Å². The molecule has 1 heterocycles. The standard InChI is InChI=1S/C9H18O3/c1-8(2)6-11-9(3,4)12-7(8)5-10/h7,10H,5-6H2,1-4H3.